The lowest BCUT2D eigenvalue weighted by atomic mass is 9.70. The number of halogens is 1. The molecule has 4 unspecified atom stereocenters. The van der Waals surface area contributed by atoms with Crippen molar-refractivity contribution >= 4 is 26.5 Å². The fourth-order valence-corrected chi connectivity index (χ4v) is 4.97. The van der Waals surface area contributed by atoms with Crippen molar-refractivity contribution in [1.29, 1.82) is 0 Å². The molecule has 2 saturated carbocycles. The number of Topliss-reactive ketones (excluding diaryl/α,β-unsaturated/α-hetero) is 1. The number of ketones is 1. The molecule has 4 heteroatoms. The first-order chi connectivity index (χ1) is 6.40. The van der Waals surface area contributed by atoms with Crippen LogP contribution in [-0.4, -0.2) is 15.7 Å². The van der Waals surface area contributed by atoms with E-state index in [1.165, 1.54) is 0 Å². The summed E-state index contributed by atoms with van der Waals surface area (Å²) in [7, 11) is 4.26. The van der Waals surface area contributed by atoms with Gasteiger partial charge in [0, 0.05) is 17.6 Å². The maximum Gasteiger partial charge on any atom is 0.139 e. The zero-order chi connectivity index (χ0) is 10.6. The maximum atomic E-state index is 11.8. The van der Waals surface area contributed by atoms with Crippen LogP contribution in [0.15, 0.2) is 0 Å². The summed E-state index contributed by atoms with van der Waals surface area (Å²) in [5.41, 5.74) is -0.390. The topological polar surface area (TPSA) is 34.1 Å². The summed E-state index contributed by atoms with van der Waals surface area (Å²) in [6.07, 6.45) is 2.70. The van der Waals surface area contributed by atoms with Gasteiger partial charge in [-0.05, 0) is 34.9 Å². The van der Waals surface area contributed by atoms with Crippen molar-refractivity contribution in [2.45, 2.75) is 33.1 Å². The molecule has 0 aliphatic heterocycles. The smallest absolute Gasteiger partial charge is 0.139 e. The Balaban J connectivity index is 2.36. The lowest BCUT2D eigenvalue weighted by Crippen LogP contribution is -2.38. The molecule has 0 heterocycles. The van der Waals surface area contributed by atoms with Gasteiger partial charge in [0.1, 0.15) is 15.8 Å². The zero-order valence-corrected chi connectivity index (χ0v) is 10.1. The Kier molecular flexibility index (Phi) is 2.31. The van der Waals surface area contributed by atoms with Crippen molar-refractivity contribution in [2.75, 3.05) is 5.75 Å². The molecule has 0 N–H and O–H groups in total. The van der Waals surface area contributed by atoms with Crippen molar-refractivity contribution in [2.24, 2.45) is 16.7 Å². The van der Waals surface area contributed by atoms with E-state index in [1.807, 2.05) is 6.92 Å². The molecule has 80 valence electrons. The standard InChI is InChI=1S/C10H15ClO2S/c1-9-4-3-7(5-8(9)12)10(9,2)6-14(11)13/h7H,3-6H2,1-2H3. The van der Waals surface area contributed by atoms with Gasteiger partial charge in [-0.2, -0.15) is 0 Å². The summed E-state index contributed by atoms with van der Waals surface area (Å²) >= 11 is 0. The monoisotopic (exact) mass is 234 g/mol. The third-order valence-corrected chi connectivity index (χ3v) is 5.77. The van der Waals surface area contributed by atoms with Crippen LogP contribution in [0.25, 0.3) is 0 Å². The summed E-state index contributed by atoms with van der Waals surface area (Å²) in [4.78, 5) is 11.8. The molecule has 2 nitrogen and oxygen atoms in total. The van der Waals surface area contributed by atoms with E-state index >= 15 is 0 Å². The molecule has 2 aliphatic carbocycles. The molecular formula is C10H15ClO2S. The average molecular weight is 235 g/mol. The number of carbonyl (C=O) groups excluding carboxylic acids is 1. The Hall–Kier alpha value is 0.110. The Morgan fingerprint density at radius 2 is 2.21 bits per heavy atom. The molecule has 2 rings (SSSR count). The minimum atomic E-state index is -1.32. The number of hydrogen-bond donors (Lipinski definition) is 0. The summed E-state index contributed by atoms with van der Waals surface area (Å²) in [6, 6.07) is 0. The number of carbonyl (C=O) groups is 1. The SMILES string of the molecule is CC12CCC(CC1=O)C2(C)CS(=O)Cl. The highest BCUT2D eigenvalue weighted by atomic mass is 35.7. The predicted molar refractivity (Wildman–Crippen MR) is 57.4 cm³/mol. The first kappa shape index (κ1) is 10.6. The van der Waals surface area contributed by atoms with Gasteiger partial charge in [-0.25, -0.2) is 4.21 Å². The second-order valence-electron chi connectivity index (χ2n) is 5.05. The molecule has 0 aromatic carbocycles. The average Bonchev–Trinajstić information content (AvgIpc) is 2.37. The maximum absolute atomic E-state index is 11.8. The molecular weight excluding hydrogens is 220 g/mol. The van der Waals surface area contributed by atoms with Crippen LogP contribution in [0.2, 0.25) is 0 Å². The van der Waals surface area contributed by atoms with E-state index in [1.54, 1.807) is 0 Å². The molecule has 0 saturated heterocycles. The second-order valence-corrected chi connectivity index (χ2v) is 6.95. The van der Waals surface area contributed by atoms with E-state index in [0.717, 1.165) is 12.8 Å². The van der Waals surface area contributed by atoms with Crippen molar-refractivity contribution in [3.8, 4) is 0 Å². The Bertz CT molecular complexity index is 317. The number of fused-ring (bicyclic) bond motifs is 2. The Morgan fingerprint density at radius 3 is 2.57 bits per heavy atom. The van der Waals surface area contributed by atoms with Gasteiger partial charge in [0.15, 0.2) is 0 Å². The fourth-order valence-electron chi connectivity index (χ4n) is 3.26. The quantitative estimate of drug-likeness (QED) is 0.687. The van der Waals surface area contributed by atoms with Crippen LogP contribution in [0.4, 0.5) is 0 Å². The molecule has 2 aliphatic rings. The van der Waals surface area contributed by atoms with E-state index in [9.17, 15) is 9.00 Å². The van der Waals surface area contributed by atoms with Crippen molar-refractivity contribution < 1.29 is 9.00 Å². The van der Waals surface area contributed by atoms with Crippen LogP contribution in [0, 0.1) is 16.7 Å². The van der Waals surface area contributed by atoms with Crippen LogP contribution >= 0.6 is 10.7 Å². The summed E-state index contributed by atoms with van der Waals surface area (Å²) < 4.78 is 11.1. The van der Waals surface area contributed by atoms with E-state index in [0.29, 0.717) is 23.9 Å². The van der Waals surface area contributed by atoms with Crippen LogP contribution in [0.1, 0.15) is 33.1 Å². The molecule has 2 fully saturated rings. The molecule has 2 bridgehead atoms. The highest BCUT2D eigenvalue weighted by Gasteiger charge is 2.64. The molecule has 0 spiro atoms. The van der Waals surface area contributed by atoms with Gasteiger partial charge >= 0.3 is 0 Å². The highest BCUT2D eigenvalue weighted by Crippen LogP contribution is 2.64. The fraction of sp³-hybridized carbons (Fsp3) is 0.900. The van der Waals surface area contributed by atoms with Crippen LogP contribution < -0.4 is 0 Å². The van der Waals surface area contributed by atoms with Gasteiger partial charge in [-0.1, -0.05) is 13.8 Å². The van der Waals surface area contributed by atoms with Gasteiger partial charge in [0.2, 0.25) is 0 Å². The van der Waals surface area contributed by atoms with E-state index in [4.69, 9.17) is 10.7 Å². The molecule has 4 atom stereocenters. The molecule has 0 radical (unpaired) electrons. The summed E-state index contributed by atoms with van der Waals surface area (Å²) in [5.74, 6) is 1.21. The largest absolute Gasteiger partial charge is 0.299 e. The van der Waals surface area contributed by atoms with E-state index in [2.05, 4.69) is 6.92 Å². The minimum absolute atomic E-state index is 0.128. The third kappa shape index (κ3) is 1.15. The lowest BCUT2D eigenvalue weighted by Gasteiger charge is -2.35. The number of hydrogen-bond acceptors (Lipinski definition) is 2. The van der Waals surface area contributed by atoms with Crippen molar-refractivity contribution in [3.05, 3.63) is 0 Å². The lowest BCUT2D eigenvalue weighted by molar-refractivity contribution is -0.128. The van der Waals surface area contributed by atoms with E-state index in [-0.39, 0.29) is 10.8 Å². The third-order valence-electron chi connectivity index (χ3n) is 4.61. The second kappa shape index (κ2) is 3.05. The molecule has 14 heavy (non-hydrogen) atoms. The Labute approximate surface area is 91.4 Å². The van der Waals surface area contributed by atoms with Gasteiger partial charge in [0.05, 0.1) is 0 Å². The van der Waals surface area contributed by atoms with Crippen LogP contribution in [-0.2, 0) is 14.8 Å². The van der Waals surface area contributed by atoms with Crippen molar-refractivity contribution in [1.82, 2.24) is 0 Å². The van der Waals surface area contributed by atoms with Gasteiger partial charge in [0.25, 0.3) is 0 Å². The van der Waals surface area contributed by atoms with Crippen LogP contribution in [0.5, 0.6) is 0 Å². The first-order valence-corrected chi connectivity index (χ1v) is 7.12. The van der Waals surface area contributed by atoms with Gasteiger partial charge in [-0.15, -0.1) is 0 Å². The normalized spacial score (nSPS) is 48.5. The van der Waals surface area contributed by atoms with Gasteiger partial charge < -0.3 is 0 Å². The van der Waals surface area contributed by atoms with Crippen LogP contribution in [0.3, 0.4) is 0 Å². The Morgan fingerprint density at radius 1 is 1.57 bits per heavy atom. The van der Waals surface area contributed by atoms with E-state index < -0.39 is 10.0 Å². The number of rotatable bonds is 2. The predicted octanol–water partition coefficient (Wildman–Crippen LogP) is 2.28. The minimum Gasteiger partial charge on any atom is -0.299 e. The molecule has 0 aromatic rings. The first-order valence-electron chi connectivity index (χ1n) is 4.98. The molecule has 0 aromatic heterocycles. The summed E-state index contributed by atoms with van der Waals surface area (Å²) in [5, 5.41) is 0. The van der Waals surface area contributed by atoms with Gasteiger partial charge in [-0.3, -0.25) is 4.79 Å². The summed E-state index contributed by atoms with van der Waals surface area (Å²) in [6.45, 7) is 4.10. The highest BCUT2D eigenvalue weighted by molar-refractivity contribution is 8.08. The molecule has 0 amide bonds. The zero-order valence-electron chi connectivity index (χ0n) is 8.51. The van der Waals surface area contributed by atoms with Crippen molar-refractivity contribution in [3.63, 3.8) is 0 Å².